The van der Waals surface area contributed by atoms with Crippen LogP contribution in [0.5, 0.6) is 0 Å². The molecule has 0 spiro atoms. The molecule has 234 valence electrons. The van der Waals surface area contributed by atoms with Crippen LogP contribution in [0.4, 0.5) is 11.5 Å². The van der Waals surface area contributed by atoms with E-state index in [1.54, 1.807) is 36.0 Å². The van der Waals surface area contributed by atoms with Gasteiger partial charge in [-0.05, 0) is 42.7 Å². The van der Waals surface area contributed by atoms with Crippen molar-refractivity contribution in [2.45, 2.75) is 17.6 Å². The normalized spacial score (nSPS) is 20.9. The number of hydrogen-bond acceptors (Lipinski definition) is 12. The van der Waals surface area contributed by atoms with Gasteiger partial charge in [-0.2, -0.15) is 5.10 Å². The Morgan fingerprint density at radius 3 is 2.76 bits per heavy atom. The van der Waals surface area contributed by atoms with Gasteiger partial charge in [-0.1, -0.05) is 18.0 Å². The molecule has 13 nitrogen and oxygen atoms in total. The van der Waals surface area contributed by atoms with Gasteiger partial charge >= 0.3 is 0 Å². The van der Waals surface area contributed by atoms with Gasteiger partial charge in [-0.15, -0.1) is 11.3 Å². The SMILES string of the molecule is NS[C@@]1(C(=O)Nc2ccc3[nH]nc(N4CCOCC4)c3c2)CCN(CC(=O)N2CC=C(c3ncc(-c4ncccn4)s3)CC2)C1. The van der Waals surface area contributed by atoms with Crippen molar-refractivity contribution in [1.82, 2.24) is 34.9 Å². The summed E-state index contributed by atoms with van der Waals surface area (Å²) in [5.74, 6) is 1.41. The first-order chi connectivity index (χ1) is 22.0. The highest BCUT2D eigenvalue weighted by molar-refractivity contribution is 7.99. The summed E-state index contributed by atoms with van der Waals surface area (Å²) >= 11 is 2.62. The van der Waals surface area contributed by atoms with E-state index in [0.29, 0.717) is 57.3 Å². The Kier molecular flexibility index (Phi) is 8.51. The van der Waals surface area contributed by atoms with E-state index in [9.17, 15) is 9.59 Å². The fourth-order valence-corrected chi connectivity index (χ4v) is 7.56. The Morgan fingerprint density at radius 2 is 1.98 bits per heavy atom. The van der Waals surface area contributed by atoms with E-state index in [-0.39, 0.29) is 18.4 Å². The van der Waals surface area contributed by atoms with E-state index in [2.05, 4.69) is 41.4 Å². The fraction of sp³-hybridized carbons (Fsp3) is 0.400. The quantitative estimate of drug-likeness (QED) is 0.242. The molecule has 7 rings (SSSR count). The lowest BCUT2D eigenvalue weighted by Crippen LogP contribution is -2.46. The number of hydrogen-bond donors (Lipinski definition) is 3. The Bertz CT molecular complexity index is 1720. The average molecular weight is 647 g/mol. The van der Waals surface area contributed by atoms with Crippen LogP contribution < -0.4 is 15.4 Å². The summed E-state index contributed by atoms with van der Waals surface area (Å²) in [6.07, 6.45) is 8.61. The Balaban J connectivity index is 0.954. The van der Waals surface area contributed by atoms with Crippen molar-refractivity contribution in [3.05, 3.63) is 53.9 Å². The van der Waals surface area contributed by atoms with Crippen LogP contribution in [0.25, 0.3) is 27.2 Å². The molecule has 4 aromatic rings. The molecule has 45 heavy (non-hydrogen) atoms. The number of nitrogens with one attached hydrogen (secondary N) is 2. The summed E-state index contributed by atoms with van der Waals surface area (Å²) in [5.41, 5.74) is 2.72. The first kappa shape index (κ1) is 29.8. The number of aromatic amines is 1. The number of H-pyrrole nitrogens is 1. The molecule has 0 unspecified atom stereocenters. The van der Waals surface area contributed by atoms with Gasteiger partial charge in [-0.3, -0.25) is 24.7 Å². The number of amides is 2. The highest BCUT2D eigenvalue weighted by Crippen LogP contribution is 2.35. The summed E-state index contributed by atoms with van der Waals surface area (Å²) in [6, 6.07) is 7.53. The summed E-state index contributed by atoms with van der Waals surface area (Å²) in [6.45, 7) is 5.27. The third-order valence-electron chi connectivity index (χ3n) is 8.55. The number of fused-ring (bicyclic) bond motifs is 1. The van der Waals surface area contributed by atoms with Crippen LogP contribution in [0.1, 0.15) is 17.8 Å². The first-order valence-electron chi connectivity index (χ1n) is 14.9. The molecule has 0 saturated carbocycles. The van der Waals surface area contributed by atoms with Gasteiger partial charge in [0.05, 0.1) is 30.2 Å². The monoisotopic (exact) mass is 646 g/mol. The Hall–Kier alpha value is -3.89. The second kappa shape index (κ2) is 12.8. The molecular formula is C30H34N10O3S2. The predicted octanol–water partition coefficient (Wildman–Crippen LogP) is 2.62. The van der Waals surface area contributed by atoms with Gasteiger partial charge in [0, 0.05) is 68.9 Å². The molecule has 3 aliphatic heterocycles. The number of likely N-dealkylation sites (tertiary alicyclic amines) is 1. The number of rotatable bonds is 8. The van der Waals surface area contributed by atoms with E-state index in [1.165, 1.54) is 0 Å². The van der Waals surface area contributed by atoms with Crippen LogP contribution in [0, 0.1) is 0 Å². The molecule has 2 amide bonds. The van der Waals surface area contributed by atoms with Gasteiger partial charge in [0.15, 0.2) is 11.6 Å². The number of carbonyl (C=O) groups is 2. The number of thiazole rings is 1. The maximum atomic E-state index is 13.6. The van der Waals surface area contributed by atoms with Crippen molar-refractivity contribution < 1.29 is 14.3 Å². The van der Waals surface area contributed by atoms with Crippen LogP contribution in [0.15, 0.2) is 48.9 Å². The molecule has 3 aliphatic rings. The smallest absolute Gasteiger partial charge is 0.243 e. The minimum Gasteiger partial charge on any atom is -0.378 e. The lowest BCUT2D eigenvalue weighted by molar-refractivity contribution is -0.132. The minimum absolute atomic E-state index is 0.0436. The van der Waals surface area contributed by atoms with Crippen LogP contribution >= 0.6 is 23.3 Å². The molecular weight excluding hydrogens is 613 g/mol. The van der Waals surface area contributed by atoms with Crippen molar-refractivity contribution >= 4 is 63.1 Å². The summed E-state index contributed by atoms with van der Waals surface area (Å²) in [4.78, 5) is 47.1. The zero-order valence-electron chi connectivity index (χ0n) is 24.6. The van der Waals surface area contributed by atoms with E-state index >= 15 is 0 Å². The van der Waals surface area contributed by atoms with Crippen LogP contribution in [-0.2, 0) is 14.3 Å². The number of morpholine rings is 1. The van der Waals surface area contributed by atoms with Crippen LogP contribution in [-0.4, -0.2) is 111 Å². The van der Waals surface area contributed by atoms with Crippen molar-refractivity contribution in [1.29, 1.82) is 0 Å². The number of anilines is 2. The number of benzene rings is 1. The van der Waals surface area contributed by atoms with Gasteiger partial charge in [-0.25, -0.2) is 15.0 Å². The molecule has 0 aliphatic carbocycles. The van der Waals surface area contributed by atoms with E-state index in [1.807, 2.05) is 28.0 Å². The standard InChI is InChI=1S/C30H34N10O3S2/c31-45-30(29(42)35-21-2-3-23-22(16-21)27(37-36-23)40-12-14-43-15-13-40)6-11-38(19-30)18-25(41)39-9-4-20(5-10-39)28-34-17-24(44-28)26-32-7-1-8-33-26/h1-4,7-8,16-17H,5-6,9-15,18-19,31H2,(H,35,42)(H,36,37)/t30-/m0/s1. The predicted molar refractivity (Wildman–Crippen MR) is 176 cm³/mol. The number of nitrogens with two attached hydrogens (primary N) is 1. The molecule has 0 bridgehead atoms. The molecule has 2 saturated heterocycles. The highest BCUT2D eigenvalue weighted by Gasteiger charge is 2.45. The summed E-state index contributed by atoms with van der Waals surface area (Å²) in [5, 5.41) is 18.7. The van der Waals surface area contributed by atoms with Crippen molar-refractivity contribution in [3.8, 4) is 10.7 Å². The molecule has 6 heterocycles. The molecule has 1 atom stereocenters. The van der Waals surface area contributed by atoms with Gasteiger partial charge in [0.1, 0.15) is 9.75 Å². The molecule has 2 fully saturated rings. The topological polar surface area (TPSA) is 158 Å². The second-order valence-corrected chi connectivity index (χ2v) is 13.4. The van der Waals surface area contributed by atoms with E-state index in [0.717, 1.165) is 63.6 Å². The zero-order chi connectivity index (χ0) is 30.8. The highest BCUT2D eigenvalue weighted by atomic mass is 32.2. The van der Waals surface area contributed by atoms with Crippen molar-refractivity contribution in [3.63, 3.8) is 0 Å². The first-order valence-corrected chi connectivity index (χ1v) is 16.6. The Labute approximate surface area is 268 Å². The van der Waals surface area contributed by atoms with Gasteiger partial charge in [0.2, 0.25) is 11.8 Å². The average Bonchev–Trinajstić information content (AvgIpc) is 3.85. The van der Waals surface area contributed by atoms with Crippen LogP contribution in [0.2, 0.25) is 0 Å². The summed E-state index contributed by atoms with van der Waals surface area (Å²) in [7, 11) is 0. The number of aromatic nitrogens is 5. The van der Waals surface area contributed by atoms with E-state index < -0.39 is 4.75 Å². The lowest BCUT2D eigenvalue weighted by atomic mass is 10.1. The number of nitrogens with zero attached hydrogens (tertiary/aromatic N) is 7. The molecule has 0 radical (unpaired) electrons. The third-order valence-corrected chi connectivity index (χ3v) is 10.6. The molecule has 3 aromatic heterocycles. The van der Waals surface area contributed by atoms with Crippen molar-refractivity contribution in [2.75, 3.05) is 69.2 Å². The second-order valence-electron chi connectivity index (χ2n) is 11.4. The summed E-state index contributed by atoms with van der Waals surface area (Å²) < 4.78 is 4.63. The lowest BCUT2D eigenvalue weighted by Gasteiger charge is -2.29. The minimum atomic E-state index is -0.849. The number of carbonyl (C=O) groups excluding carboxylic acids is 2. The molecule has 1 aromatic carbocycles. The number of ether oxygens (including phenoxy) is 1. The molecule has 15 heteroatoms. The third kappa shape index (κ3) is 6.18. The maximum absolute atomic E-state index is 13.6. The fourth-order valence-electron chi connectivity index (χ4n) is 6.00. The van der Waals surface area contributed by atoms with E-state index in [4.69, 9.17) is 9.88 Å². The van der Waals surface area contributed by atoms with Crippen LogP contribution in [0.3, 0.4) is 0 Å². The van der Waals surface area contributed by atoms with Gasteiger partial charge in [0.25, 0.3) is 0 Å². The zero-order valence-corrected chi connectivity index (χ0v) is 26.3. The van der Waals surface area contributed by atoms with Gasteiger partial charge < -0.3 is 19.9 Å². The Morgan fingerprint density at radius 1 is 1.13 bits per heavy atom. The molecule has 4 N–H and O–H groups in total. The largest absolute Gasteiger partial charge is 0.378 e. The van der Waals surface area contributed by atoms with Crippen molar-refractivity contribution in [2.24, 2.45) is 5.14 Å². The maximum Gasteiger partial charge on any atom is 0.243 e.